The molecule has 0 atom stereocenters. The van der Waals surface area contributed by atoms with E-state index < -0.39 is 0 Å². The lowest BCUT2D eigenvalue weighted by Gasteiger charge is -2.21. The van der Waals surface area contributed by atoms with E-state index in [0.717, 1.165) is 35.2 Å². The standard InChI is InChI=1S/C19H23ClN4OS/c1-4-9-23(11-14-5-7-15(20)8-6-14)12-16-10-17(25)24-19(21-16)26-18(22-24)13(2)3/h5-8,10,13H,4,9,11-12H2,1-3H3. The molecule has 138 valence electrons. The van der Waals surface area contributed by atoms with Gasteiger partial charge in [-0.15, -0.1) is 0 Å². The minimum Gasteiger partial charge on any atom is -0.293 e. The molecule has 0 spiro atoms. The molecular formula is C19H23ClN4OS. The summed E-state index contributed by atoms with van der Waals surface area (Å²) in [7, 11) is 0. The number of halogens is 1. The first-order chi connectivity index (χ1) is 12.5. The molecule has 0 saturated heterocycles. The SMILES string of the molecule is CCCN(Cc1ccc(Cl)cc1)Cc1cc(=O)n2nc(C(C)C)sc2n1. The summed E-state index contributed by atoms with van der Waals surface area (Å²) in [4.78, 5) is 20.0. The van der Waals surface area contributed by atoms with Crippen LogP contribution in [-0.2, 0) is 13.1 Å². The lowest BCUT2D eigenvalue weighted by Crippen LogP contribution is -2.26. The van der Waals surface area contributed by atoms with E-state index in [4.69, 9.17) is 11.6 Å². The molecule has 0 aliphatic heterocycles. The van der Waals surface area contributed by atoms with Crippen LogP contribution in [-0.4, -0.2) is 26.0 Å². The number of nitrogens with zero attached hydrogens (tertiary/aromatic N) is 4. The summed E-state index contributed by atoms with van der Waals surface area (Å²) in [5.41, 5.74) is 1.87. The highest BCUT2D eigenvalue weighted by atomic mass is 35.5. The second kappa shape index (κ2) is 8.29. The largest absolute Gasteiger partial charge is 0.293 e. The van der Waals surface area contributed by atoms with E-state index in [1.54, 1.807) is 6.07 Å². The summed E-state index contributed by atoms with van der Waals surface area (Å²) in [5, 5.41) is 6.05. The van der Waals surface area contributed by atoms with Gasteiger partial charge in [0.1, 0.15) is 5.01 Å². The van der Waals surface area contributed by atoms with Gasteiger partial charge in [0.05, 0.1) is 5.69 Å². The van der Waals surface area contributed by atoms with Gasteiger partial charge < -0.3 is 0 Å². The summed E-state index contributed by atoms with van der Waals surface area (Å²) in [6, 6.07) is 9.48. The normalized spacial score (nSPS) is 11.8. The third kappa shape index (κ3) is 4.50. The molecule has 0 N–H and O–H groups in total. The fraction of sp³-hybridized carbons (Fsp3) is 0.421. The second-order valence-corrected chi connectivity index (χ2v) is 8.14. The van der Waals surface area contributed by atoms with E-state index in [-0.39, 0.29) is 11.5 Å². The van der Waals surface area contributed by atoms with Crippen LogP contribution in [0, 0.1) is 0 Å². The molecule has 7 heteroatoms. The molecular weight excluding hydrogens is 368 g/mol. The molecule has 0 fully saturated rings. The van der Waals surface area contributed by atoms with Crippen LogP contribution in [0.3, 0.4) is 0 Å². The second-order valence-electron chi connectivity index (χ2n) is 6.71. The van der Waals surface area contributed by atoms with Gasteiger partial charge in [-0.3, -0.25) is 9.69 Å². The van der Waals surface area contributed by atoms with Gasteiger partial charge in [0.2, 0.25) is 4.96 Å². The number of hydrogen-bond acceptors (Lipinski definition) is 5. The Labute approximate surface area is 162 Å². The zero-order chi connectivity index (χ0) is 18.7. The number of hydrogen-bond donors (Lipinski definition) is 0. The van der Waals surface area contributed by atoms with Crippen LogP contribution in [0.4, 0.5) is 0 Å². The van der Waals surface area contributed by atoms with Crippen molar-refractivity contribution in [2.24, 2.45) is 0 Å². The fourth-order valence-corrected chi connectivity index (χ4v) is 3.84. The van der Waals surface area contributed by atoms with Crippen molar-refractivity contribution in [3.05, 3.63) is 62.0 Å². The maximum Gasteiger partial charge on any atom is 0.275 e. The van der Waals surface area contributed by atoms with E-state index in [9.17, 15) is 4.79 Å². The van der Waals surface area contributed by atoms with Gasteiger partial charge in [0.15, 0.2) is 0 Å². The van der Waals surface area contributed by atoms with Crippen LogP contribution < -0.4 is 5.56 Å². The molecule has 0 radical (unpaired) electrons. The minimum atomic E-state index is -0.115. The summed E-state index contributed by atoms with van der Waals surface area (Å²) < 4.78 is 1.41. The molecule has 0 bridgehead atoms. The van der Waals surface area contributed by atoms with Crippen LogP contribution in [0.5, 0.6) is 0 Å². The maximum absolute atomic E-state index is 12.4. The summed E-state index contributed by atoms with van der Waals surface area (Å²) in [6.07, 6.45) is 1.03. The van der Waals surface area contributed by atoms with Crippen molar-refractivity contribution < 1.29 is 0 Å². The molecule has 0 aliphatic rings. The first-order valence-corrected chi connectivity index (χ1v) is 10.0. The zero-order valence-corrected chi connectivity index (χ0v) is 16.8. The molecule has 0 saturated carbocycles. The van der Waals surface area contributed by atoms with Crippen LogP contribution in [0.2, 0.25) is 5.02 Å². The Balaban J connectivity index is 1.83. The summed E-state index contributed by atoms with van der Waals surface area (Å²) in [5.74, 6) is 0.283. The third-order valence-electron chi connectivity index (χ3n) is 4.05. The quantitative estimate of drug-likeness (QED) is 0.602. The molecule has 2 heterocycles. The van der Waals surface area contributed by atoms with Crippen LogP contribution >= 0.6 is 22.9 Å². The minimum absolute atomic E-state index is 0.115. The number of aromatic nitrogens is 3. The Hall–Kier alpha value is -1.76. The van der Waals surface area contributed by atoms with E-state index in [1.807, 2.05) is 24.3 Å². The van der Waals surface area contributed by atoms with E-state index >= 15 is 0 Å². The van der Waals surface area contributed by atoms with E-state index in [0.29, 0.717) is 11.5 Å². The van der Waals surface area contributed by atoms with E-state index in [2.05, 4.69) is 35.8 Å². The first kappa shape index (κ1) is 19.0. The van der Waals surface area contributed by atoms with Gasteiger partial charge in [-0.25, -0.2) is 4.98 Å². The summed E-state index contributed by atoms with van der Waals surface area (Å²) in [6.45, 7) is 8.66. The predicted octanol–water partition coefficient (Wildman–Crippen LogP) is 4.34. The van der Waals surface area contributed by atoms with Gasteiger partial charge in [0.25, 0.3) is 5.56 Å². The highest BCUT2D eigenvalue weighted by molar-refractivity contribution is 7.16. The monoisotopic (exact) mass is 390 g/mol. The van der Waals surface area contributed by atoms with Gasteiger partial charge in [-0.05, 0) is 30.7 Å². The Morgan fingerprint density at radius 3 is 2.62 bits per heavy atom. The predicted molar refractivity (Wildman–Crippen MR) is 107 cm³/mol. The molecule has 3 aromatic rings. The lowest BCUT2D eigenvalue weighted by molar-refractivity contribution is 0.254. The zero-order valence-electron chi connectivity index (χ0n) is 15.3. The van der Waals surface area contributed by atoms with Gasteiger partial charge in [0, 0.05) is 30.1 Å². The molecule has 0 unspecified atom stereocenters. The van der Waals surface area contributed by atoms with E-state index in [1.165, 1.54) is 21.4 Å². The van der Waals surface area contributed by atoms with Gasteiger partial charge in [-0.1, -0.05) is 55.8 Å². The summed E-state index contributed by atoms with van der Waals surface area (Å²) >= 11 is 7.46. The lowest BCUT2D eigenvalue weighted by atomic mass is 10.2. The smallest absolute Gasteiger partial charge is 0.275 e. The Morgan fingerprint density at radius 2 is 1.96 bits per heavy atom. The van der Waals surface area contributed by atoms with Crippen molar-refractivity contribution in [2.45, 2.75) is 46.2 Å². The van der Waals surface area contributed by atoms with Crippen molar-refractivity contribution in [3.8, 4) is 0 Å². The number of fused-ring (bicyclic) bond motifs is 1. The van der Waals surface area contributed by atoms with Crippen molar-refractivity contribution >= 4 is 27.9 Å². The Bertz CT molecular complexity index is 933. The Kier molecular flexibility index (Phi) is 6.06. The first-order valence-electron chi connectivity index (χ1n) is 8.82. The molecule has 0 aliphatic carbocycles. The Morgan fingerprint density at radius 1 is 1.23 bits per heavy atom. The van der Waals surface area contributed by atoms with Gasteiger partial charge in [-0.2, -0.15) is 9.61 Å². The van der Waals surface area contributed by atoms with Crippen molar-refractivity contribution in [2.75, 3.05) is 6.54 Å². The highest BCUT2D eigenvalue weighted by Gasteiger charge is 2.13. The number of benzene rings is 1. The van der Waals surface area contributed by atoms with Crippen LogP contribution in [0.25, 0.3) is 4.96 Å². The average molecular weight is 391 g/mol. The fourth-order valence-electron chi connectivity index (χ4n) is 2.79. The molecule has 0 amide bonds. The molecule has 1 aromatic carbocycles. The molecule has 26 heavy (non-hydrogen) atoms. The average Bonchev–Trinajstić information content (AvgIpc) is 3.02. The van der Waals surface area contributed by atoms with Gasteiger partial charge >= 0.3 is 0 Å². The third-order valence-corrected chi connectivity index (χ3v) is 5.51. The maximum atomic E-state index is 12.4. The van der Waals surface area contributed by atoms with Crippen LogP contribution in [0.1, 0.15) is 49.4 Å². The molecule has 2 aromatic heterocycles. The van der Waals surface area contributed by atoms with Crippen molar-refractivity contribution in [1.29, 1.82) is 0 Å². The van der Waals surface area contributed by atoms with Crippen molar-refractivity contribution in [3.63, 3.8) is 0 Å². The van der Waals surface area contributed by atoms with Crippen molar-refractivity contribution in [1.82, 2.24) is 19.5 Å². The number of rotatable bonds is 7. The van der Waals surface area contributed by atoms with Crippen LogP contribution in [0.15, 0.2) is 35.1 Å². The topological polar surface area (TPSA) is 50.5 Å². The molecule has 5 nitrogen and oxygen atoms in total. The molecule has 3 rings (SSSR count). The highest BCUT2D eigenvalue weighted by Crippen LogP contribution is 2.20.